The summed E-state index contributed by atoms with van der Waals surface area (Å²) in [6, 6.07) is 0. The third-order valence-electron chi connectivity index (χ3n) is 3.95. The molecule has 2 atom stereocenters. The first-order valence-corrected chi connectivity index (χ1v) is 6.02. The summed E-state index contributed by atoms with van der Waals surface area (Å²) in [4.78, 5) is 2.45. The van der Waals surface area contributed by atoms with Crippen molar-refractivity contribution < 1.29 is 0 Å². The van der Waals surface area contributed by atoms with Gasteiger partial charge in [0, 0.05) is 19.5 Å². The number of rotatable bonds is 6. The summed E-state index contributed by atoms with van der Waals surface area (Å²) in [5, 5.41) is 7.38. The molecule has 2 aliphatic rings. The first-order valence-electron chi connectivity index (χ1n) is 6.02. The van der Waals surface area contributed by atoms with Gasteiger partial charge in [0.25, 0.3) is 0 Å². The molecule has 3 N–H and O–H groups in total. The lowest BCUT2D eigenvalue weighted by Crippen LogP contribution is -2.31. The number of amidine groups is 1. The van der Waals surface area contributed by atoms with Gasteiger partial charge in [0.15, 0.2) is 0 Å². The zero-order valence-corrected chi connectivity index (χ0v) is 9.92. The highest BCUT2D eigenvalue weighted by atomic mass is 15.1. The van der Waals surface area contributed by atoms with Crippen LogP contribution in [0.5, 0.6) is 0 Å². The van der Waals surface area contributed by atoms with Crippen LogP contribution in [-0.4, -0.2) is 30.9 Å². The second-order valence-corrected chi connectivity index (χ2v) is 5.87. The van der Waals surface area contributed by atoms with Crippen LogP contribution in [0.1, 0.15) is 32.6 Å². The van der Waals surface area contributed by atoms with E-state index in [0.717, 1.165) is 24.8 Å². The molecule has 2 unspecified atom stereocenters. The molecular formula is C12H23N3. The maximum Gasteiger partial charge on any atom is 0.0911 e. The fourth-order valence-electron chi connectivity index (χ4n) is 2.66. The minimum absolute atomic E-state index is 0.362. The van der Waals surface area contributed by atoms with Crippen molar-refractivity contribution in [2.24, 2.45) is 23.0 Å². The lowest BCUT2D eigenvalue weighted by molar-refractivity contribution is 0.254. The van der Waals surface area contributed by atoms with Crippen molar-refractivity contribution in [3.8, 4) is 0 Å². The van der Waals surface area contributed by atoms with Crippen molar-refractivity contribution >= 4 is 5.84 Å². The molecule has 86 valence electrons. The molecule has 0 radical (unpaired) electrons. The Balaban J connectivity index is 1.73. The van der Waals surface area contributed by atoms with Crippen LogP contribution in [0.25, 0.3) is 0 Å². The van der Waals surface area contributed by atoms with E-state index in [1.54, 1.807) is 0 Å². The Morgan fingerprint density at radius 3 is 2.53 bits per heavy atom. The number of hydrogen-bond acceptors (Lipinski definition) is 2. The van der Waals surface area contributed by atoms with Gasteiger partial charge in [0.1, 0.15) is 0 Å². The normalized spacial score (nSPS) is 31.7. The van der Waals surface area contributed by atoms with Crippen LogP contribution in [0.4, 0.5) is 0 Å². The summed E-state index contributed by atoms with van der Waals surface area (Å²) in [7, 11) is 2.21. The Morgan fingerprint density at radius 1 is 1.53 bits per heavy atom. The predicted octanol–water partition coefficient (Wildman–Crippen LogP) is 1.68. The maximum atomic E-state index is 7.38. The standard InChI is InChI=1S/C12H23N3/c1-9-5-10(9)7-15(2)8-12(3-4-12)6-11(13)14/h9-10H,3-8H2,1-2H3,(H3,13,14). The Kier molecular flexibility index (Phi) is 2.75. The first-order chi connectivity index (χ1) is 7.01. The molecule has 3 heteroatoms. The molecule has 0 aromatic carbocycles. The average Bonchev–Trinajstić information content (AvgIpc) is 2.94. The molecule has 0 saturated heterocycles. The molecule has 0 aromatic rings. The van der Waals surface area contributed by atoms with E-state index in [2.05, 4.69) is 18.9 Å². The zero-order valence-electron chi connectivity index (χ0n) is 9.92. The Hall–Kier alpha value is -0.570. The first kappa shape index (κ1) is 10.9. The minimum Gasteiger partial charge on any atom is -0.388 e. The van der Waals surface area contributed by atoms with Crippen molar-refractivity contribution in [2.75, 3.05) is 20.1 Å². The van der Waals surface area contributed by atoms with Crippen LogP contribution in [0.15, 0.2) is 0 Å². The fourth-order valence-corrected chi connectivity index (χ4v) is 2.66. The Morgan fingerprint density at radius 2 is 2.13 bits per heavy atom. The molecule has 2 fully saturated rings. The van der Waals surface area contributed by atoms with Crippen molar-refractivity contribution in [1.82, 2.24) is 4.90 Å². The quantitative estimate of drug-likeness (QED) is 0.516. The number of nitrogens with one attached hydrogen (secondary N) is 1. The predicted molar refractivity (Wildman–Crippen MR) is 63.0 cm³/mol. The van der Waals surface area contributed by atoms with E-state index in [1.807, 2.05) is 0 Å². The molecule has 0 heterocycles. The lowest BCUT2D eigenvalue weighted by atomic mass is 10.0. The van der Waals surface area contributed by atoms with Crippen LogP contribution in [0.3, 0.4) is 0 Å². The molecule has 0 aliphatic heterocycles. The summed E-state index contributed by atoms with van der Waals surface area (Å²) in [6.07, 6.45) is 4.73. The summed E-state index contributed by atoms with van der Waals surface area (Å²) < 4.78 is 0. The van der Waals surface area contributed by atoms with Crippen LogP contribution >= 0.6 is 0 Å². The third kappa shape index (κ3) is 2.94. The van der Waals surface area contributed by atoms with Crippen molar-refractivity contribution in [3.63, 3.8) is 0 Å². The Labute approximate surface area is 92.5 Å². The van der Waals surface area contributed by atoms with Gasteiger partial charge in [-0.25, -0.2) is 0 Å². The molecule has 2 rings (SSSR count). The van der Waals surface area contributed by atoms with Crippen LogP contribution in [0.2, 0.25) is 0 Å². The minimum atomic E-state index is 0.362. The monoisotopic (exact) mass is 209 g/mol. The molecule has 3 nitrogen and oxygen atoms in total. The number of hydrogen-bond donors (Lipinski definition) is 2. The summed E-state index contributed by atoms with van der Waals surface area (Å²) in [5.74, 6) is 2.24. The average molecular weight is 209 g/mol. The molecule has 2 saturated carbocycles. The second-order valence-electron chi connectivity index (χ2n) is 5.87. The van der Waals surface area contributed by atoms with Crippen LogP contribution in [0, 0.1) is 22.7 Å². The molecule has 0 amide bonds. The summed E-state index contributed by atoms with van der Waals surface area (Å²) >= 11 is 0. The second kappa shape index (κ2) is 3.78. The fraction of sp³-hybridized carbons (Fsp3) is 0.917. The van der Waals surface area contributed by atoms with Gasteiger partial charge < -0.3 is 10.6 Å². The highest BCUT2D eigenvalue weighted by Crippen LogP contribution is 2.49. The van der Waals surface area contributed by atoms with Crippen LogP contribution < -0.4 is 5.73 Å². The van der Waals surface area contributed by atoms with Crippen molar-refractivity contribution in [3.05, 3.63) is 0 Å². The van der Waals surface area contributed by atoms with E-state index < -0.39 is 0 Å². The SMILES string of the molecule is CC1CC1CN(C)CC1(CC(=N)N)CC1. The zero-order chi connectivity index (χ0) is 11.1. The number of nitrogens with two attached hydrogens (primary N) is 1. The molecule has 2 aliphatic carbocycles. The molecule has 0 spiro atoms. The van der Waals surface area contributed by atoms with E-state index >= 15 is 0 Å². The summed E-state index contributed by atoms with van der Waals surface area (Å²) in [5.41, 5.74) is 5.87. The lowest BCUT2D eigenvalue weighted by Gasteiger charge is -2.23. The van der Waals surface area contributed by atoms with Gasteiger partial charge >= 0.3 is 0 Å². The third-order valence-corrected chi connectivity index (χ3v) is 3.95. The highest BCUT2D eigenvalue weighted by molar-refractivity contribution is 5.78. The van der Waals surface area contributed by atoms with E-state index in [9.17, 15) is 0 Å². The van der Waals surface area contributed by atoms with Gasteiger partial charge in [0.05, 0.1) is 5.84 Å². The number of nitrogens with zero attached hydrogens (tertiary/aromatic N) is 1. The van der Waals surface area contributed by atoms with Crippen molar-refractivity contribution in [2.45, 2.75) is 32.6 Å². The van der Waals surface area contributed by atoms with E-state index in [-0.39, 0.29) is 0 Å². The topological polar surface area (TPSA) is 53.1 Å². The van der Waals surface area contributed by atoms with Gasteiger partial charge in [-0.1, -0.05) is 6.92 Å². The van der Waals surface area contributed by atoms with Gasteiger partial charge in [-0.2, -0.15) is 0 Å². The van der Waals surface area contributed by atoms with Crippen LogP contribution in [-0.2, 0) is 0 Å². The van der Waals surface area contributed by atoms with Crippen molar-refractivity contribution in [1.29, 1.82) is 5.41 Å². The summed E-state index contributed by atoms with van der Waals surface area (Å²) in [6.45, 7) is 4.71. The van der Waals surface area contributed by atoms with E-state index in [0.29, 0.717) is 11.3 Å². The van der Waals surface area contributed by atoms with Gasteiger partial charge in [-0.15, -0.1) is 0 Å². The Bertz CT molecular complexity index is 258. The van der Waals surface area contributed by atoms with E-state index in [4.69, 9.17) is 11.1 Å². The van der Waals surface area contributed by atoms with E-state index in [1.165, 1.54) is 25.8 Å². The molecule has 0 bridgehead atoms. The van der Waals surface area contributed by atoms with Gasteiger partial charge in [-0.3, -0.25) is 5.41 Å². The highest BCUT2D eigenvalue weighted by Gasteiger charge is 2.44. The molecule has 15 heavy (non-hydrogen) atoms. The molecule has 0 aromatic heterocycles. The maximum absolute atomic E-state index is 7.38. The molecular weight excluding hydrogens is 186 g/mol. The smallest absolute Gasteiger partial charge is 0.0911 e. The van der Waals surface area contributed by atoms with Gasteiger partial charge in [-0.05, 0) is 43.6 Å². The van der Waals surface area contributed by atoms with Gasteiger partial charge in [0.2, 0.25) is 0 Å². The largest absolute Gasteiger partial charge is 0.388 e.